The van der Waals surface area contributed by atoms with Crippen molar-refractivity contribution in [1.29, 1.82) is 0 Å². The van der Waals surface area contributed by atoms with Crippen LogP contribution in [0.4, 0.5) is 0 Å². The summed E-state index contributed by atoms with van der Waals surface area (Å²) in [5, 5.41) is 0. The first kappa shape index (κ1) is 14.3. The zero-order chi connectivity index (χ0) is 14.3. The molecule has 0 saturated carbocycles. The quantitative estimate of drug-likeness (QED) is 0.840. The van der Waals surface area contributed by atoms with Gasteiger partial charge < -0.3 is 14.2 Å². The van der Waals surface area contributed by atoms with Gasteiger partial charge in [-0.2, -0.15) is 0 Å². The SMILES string of the molecule is c1ccc(COCC2COC(c3ccccc3)OC2)cc1. The van der Waals surface area contributed by atoms with E-state index in [9.17, 15) is 0 Å². The monoisotopic (exact) mass is 284 g/mol. The van der Waals surface area contributed by atoms with E-state index >= 15 is 0 Å². The molecule has 0 radical (unpaired) electrons. The average molecular weight is 284 g/mol. The summed E-state index contributed by atoms with van der Waals surface area (Å²) in [6.45, 7) is 2.65. The van der Waals surface area contributed by atoms with Crippen molar-refractivity contribution >= 4 is 0 Å². The Morgan fingerprint density at radius 3 is 2.14 bits per heavy atom. The van der Waals surface area contributed by atoms with Crippen LogP contribution in [0.2, 0.25) is 0 Å². The third kappa shape index (κ3) is 4.14. The van der Waals surface area contributed by atoms with Gasteiger partial charge in [-0.3, -0.25) is 0 Å². The maximum absolute atomic E-state index is 5.78. The van der Waals surface area contributed by atoms with Crippen molar-refractivity contribution in [3.05, 3.63) is 71.8 Å². The van der Waals surface area contributed by atoms with Crippen LogP contribution in [0.1, 0.15) is 17.4 Å². The van der Waals surface area contributed by atoms with Gasteiger partial charge in [0.15, 0.2) is 6.29 Å². The standard InChI is InChI=1S/C18H20O3/c1-3-7-15(8-4-1)11-19-12-16-13-20-18(21-14-16)17-9-5-2-6-10-17/h1-10,16,18H,11-14H2. The van der Waals surface area contributed by atoms with E-state index in [1.165, 1.54) is 5.56 Å². The molecule has 0 aromatic heterocycles. The van der Waals surface area contributed by atoms with Crippen LogP contribution in [0.5, 0.6) is 0 Å². The van der Waals surface area contributed by atoms with Crippen LogP contribution in [0.3, 0.4) is 0 Å². The Balaban J connectivity index is 1.40. The molecule has 1 aliphatic rings. The Hall–Kier alpha value is -1.68. The van der Waals surface area contributed by atoms with Gasteiger partial charge in [0, 0.05) is 11.5 Å². The molecule has 0 bridgehead atoms. The third-order valence-electron chi connectivity index (χ3n) is 3.50. The fraction of sp³-hybridized carbons (Fsp3) is 0.333. The molecule has 110 valence electrons. The van der Waals surface area contributed by atoms with E-state index in [1.54, 1.807) is 0 Å². The zero-order valence-electron chi connectivity index (χ0n) is 12.0. The van der Waals surface area contributed by atoms with Crippen LogP contribution in [-0.4, -0.2) is 19.8 Å². The fourth-order valence-corrected chi connectivity index (χ4v) is 2.36. The molecule has 0 unspecified atom stereocenters. The second-order valence-electron chi connectivity index (χ2n) is 5.28. The van der Waals surface area contributed by atoms with E-state index in [2.05, 4.69) is 12.1 Å². The van der Waals surface area contributed by atoms with Gasteiger partial charge >= 0.3 is 0 Å². The summed E-state index contributed by atoms with van der Waals surface area (Å²) in [5.41, 5.74) is 2.26. The summed E-state index contributed by atoms with van der Waals surface area (Å²) in [6.07, 6.45) is -0.239. The molecule has 1 fully saturated rings. The molecule has 0 atom stereocenters. The Morgan fingerprint density at radius 2 is 1.48 bits per heavy atom. The van der Waals surface area contributed by atoms with Crippen LogP contribution in [0.25, 0.3) is 0 Å². The summed E-state index contributed by atoms with van der Waals surface area (Å²) < 4.78 is 17.3. The first-order chi connectivity index (χ1) is 10.4. The lowest BCUT2D eigenvalue weighted by atomic mass is 10.1. The van der Waals surface area contributed by atoms with Gasteiger partial charge in [-0.1, -0.05) is 60.7 Å². The fourth-order valence-electron chi connectivity index (χ4n) is 2.36. The van der Waals surface area contributed by atoms with Crippen molar-refractivity contribution in [2.24, 2.45) is 5.92 Å². The lowest BCUT2D eigenvalue weighted by Crippen LogP contribution is -2.30. The molecule has 1 saturated heterocycles. The van der Waals surface area contributed by atoms with Crippen LogP contribution in [0, 0.1) is 5.92 Å². The molecule has 2 aromatic carbocycles. The number of benzene rings is 2. The number of hydrogen-bond acceptors (Lipinski definition) is 3. The first-order valence-corrected chi connectivity index (χ1v) is 7.31. The van der Waals surface area contributed by atoms with Crippen LogP contribution >= 0.6 is 0 Å². The second-order valence-corrected chi connectivity index (χ2v) is 5.28. The molecule has 0 spiro atoms. The highest BCUT2D eigenvalue weighted by molar-refractivity contribution is 5.16. The maximum Gasteiger partial charge on any atom is 0.183 e. The molecule has 3 heteroatoms. The van der Waals surface area contributed by atoms with Gasteiger partial charge in [0.1, 0.15) is 0 Å². The Bertz CT molecular complexity index is 516. The maximum atomic E-state index is 5.78. The molecule has 0 amide bonds. The number of rotatable bonds is 5. The van der Waals surface area contributed by atoms with Crippen LogP contribution < -0.4 is 0 Å². The van der Waals surface area contributed by atoms with Crippen molar-refractivity contribution in [2.75, 3.05) is 19.8 Å². The topological polar surface area (TPSA) is 27.7 Å². The van der Waals surface area contributed by atoms with Crippen molar-refractivity contribution in [1.82, 2.24) is 0 Å². The second kappa shape index (κ2) is 7.36. The molecular formula is C18H20O3. The molecule has 0 N–H and O–H groups in total. The zero-order valence-corrected chi connectivity index (χ0v) is 12.0. The Kier molecular flexibility index (Phi) is 5.00. The van der Waals surface area contributed by atoms with E-state index < -0.39 is 0 Å². The van der Waals surface area contributed by atoms with E-state index in [-0.39, 0.29) is 6.29 Å². The highest BCUT2D eigenvalue weighted by Crippen LogP contribution is 2.24. The normalized spacial score (nSPS) is 22.1. The summed E-state index contributed by atoms with van der Waals surface area (Å²) in [5.74, 6) is 0.300. The van der Waals surface area contributed by atoms with Crippen molar-refractivity contribution in [3.8, 4) is 0 Å². The van der Waals surface area contributed by atoms with Gasteiger partial charge in [-0.15, -0.1) is 0 Å². The van der Waals surface area contributed by atoms with Gasteiger partial charge in [0.25, 0.3) is 0 Å². The molecule has 3 rings (SSSR count). The number of hydrogen-bond donors (Lipinski definition) is 0. The minimum absolute atomic E-state index is 0.239. The predicted octanol–water partition coefficient (Wildman–Crippen LogP) is 3.57. The predicted molar refractivity (Wildman–Crippen MR) is 80.7 cm³/mol. The third-order valence-corrected chi connectivity index (χ3v) is 3.50. The molecule has 3 nitrogen and oxygen atoms in total. The van der Waals surface area contributed by atoms with Crippen molar-refractivity contribution in [2.45, 2.75) is 12.9 Å². The van der Waals surface area contributed by atoms with Gasteiger partial charge in [-0.25, -0.2) is 0 Å². The van der Waals surface area contributed by atoms with Crippen LogP contribution in [0.15, 0.2) is 60.7 Å². The first-order valence-electron chi connectivity index (χ1n) is 7.31. The van der Waals surface area contributed by atoms with Gasteiger partial charge in [-0.05, 0) is 5.56 Å². The average Bonchev–Trinajstić information content (AvgIpc) is 2.57. The largest absolute Gasteiger partial charge is 0.376 e. The molecule has 0 aliphatic carbocycles. The molecule has 2 aromatic rings. The van der Waals surface area contributed by atoms with E-state index in [1.807, 2.05) is 48.5 Å². The molecular weight excluding hydrogens is 264 g/mol. The molecule has 21 heavy (non-hydrogen) atoms. The summed E-state index contributed by atoms with van der Waals surface area (Å²) in [7, 11) is 0. The van der Waals surface area contributed by atoms with E-state index in [4.69, 9.17) is 14.2 Å². The van der Waals surface area contributed by atoms with Gasteiger partial charge in [0.05, 0.1) is 26.4 Å². The lowest BCUT2D eigenvalue weighted by Gasteiger charge is -2.29. The Morgan fingerprint density at radius 1 is 0.857 bits per heavy atom. The highest BCUT2D eigenvalue weighted by Gasteiger charge is 2.23. The summed E-state index contributed by atoms with van der Waals surface area (Å²) in [6, 6.07) is 20.2. The minimum atomic E-state index is -0.239. The molecule has 1 aliphatic heterocycles. The van der Waals surface area contributed by atoms with E-state index in [0.29, 0.717) is 32.3 Å². The van der Waals surface area contributed by atoms with Gasteiger partial charge in [0.2, 0.25) is 0 Å². The van der Waals surface area contributed by atoms with Crippen LogP contribution in [-0.2, 0) is 20.8 Å². The smallest absolute Gasteiger partial charge is 0.183 e. The Labute approximate surface area is 125 Å². The van der Waals surface area contributed by atoms with Crippen molar-refractivity contribution in [3.63, 3.8) is 0 Å². The van der Waals surface area contributed by atoms with Crippen molar-refractivity contribution < 1.29 is 14.2 Å². The minimum Gasteiger partial charge on any atom is -0.376 e. The van der Waals surface area contributed by atoms with E-state index in [0.717, 1.165) is 5.56 Å². The highest BCUT2D eigenvalue weighted by atomic mass is 16.7. The lowest BCUT2D eigenvalue weighted by molar-refractivity contribution is -0.212. The summed E-state index contributed by atoms with van der Waals surface area (Å²) in [4.78, 5) is 0. The summed E-state index contributed by atoms with van der Waals surface area (Å²) >= 11 is 0. The molecule has 1 heterocycles. The number of ether oxygens (including phenoxy) is 3.